The van der Waals surface area contributed by atoms with Crippen LogP contribution in [0.25, 0.3) is 0 Å². The minimum Gasteiger partial charge on any atom is -0.318 e. The van der Waals surface area contributed by atoms with Gasteiger partial charge in [-0.1, -0.05) is 15.9 Å². The maximum atomic E-state index is 10.6. The minimum absolute atomic E-state index is 0.110. The number of hydrogen-bond acceptors (Lipinski definition) is 4. The van der Waals surface area contributed by atoms with E-state index in [4.69, 9.17) is 0 Å². The van der Waals surface area contributed by atoms with Crippen molar-refractivity contribution in [2.45, 2.75) is 6.54 Å². The van der Waals surface area contributed by atoms with Crippen LogP contribution < -0.4 is 5.32 Å². The van der Waals surface area contributed by atoms with E-state index in [-0.39, 0.29) is 10.6 Å². The molecular weight excluding hydrogens is 286 g/mol. The zero-order chi connectivity index (χ0) is 12.8. The molecule has 0 bridgehead atoms. The van der Waals surface area contributed by atoms with Gasteiger partial charge < -0.3 is 10.2 Å². The van der Waals surface area contributed by atoms with E-state index in [9.17, 15) is 10.1 Å². The van der Waals surface area contributed by atoms with E-state index in [2.05, 4.69) is 26.1 Å². The number of nitrogens with one attached hydrogen (secondary N) is 1. The number of nitro benzene ring substituents is 1. The molecule has 0 saturated carbocycles. The standard InChI is InChI=1S/C11H16BrN3O2/c1-13-5-6-14(2)8-9-3-4-10(15(16)17)7-11(9)12/h3-4,7,13H,5-6,8H2,1-2H3. The fourth-order valence-corrected chi connectivity index (χ4v) is 1.94. The summed E-state index contributed by atoms with van der Waals surface area (Å²) in [6.07, 6.45) is 0. The maximum Gasteiger partial charge on any atom is 0.270 e. The molecule has 1 rings (SSSR count). The molecule has 1 N–H and O–H groups in total. The first-order chi connectivity index (χ1) is 8.04. The number of non-ortho nitro benzene ring substituents is 1. The van der Waals surface area contributed by atoms with Crippen LogP contribution in [-0.2, 0) is 6.54 Å². The van der Waals surface area contributed by atoms with Crippen LogP contribution in [-0.4, -0.2) is 37.0 Å². The van der Waals surface area contributed by atoms with Crippen molar-refractivity contribution in [1.82, 2.24) is 10.2 Å². The van der Waals surface area contributed by atoms with Crippen LogP contribution in [0.15, 0.2) is 22.7 Å². The highest BCUT2D eigenvalue weighted by Gasteiger charge is 2.10. The zero-order valence-corrected chi connectivity index (χ0v) is 11.5. The monoisotopic (exact) mass is 301 g/mol. The second-order valence-electron chi connectivity index (χ2n) is 3.87. The van der Waals surface area contributed by atoms with Gasteiger partial charge in [-0.2, -0.15) is 0 Å². The van der Waals surface area contributed by atoms with Gasteiger partial charge in [0.05, 0.1) is 4.92 Å². The molecule has 0 fully saturated rings. The van der Waals surface area contributed by atoms with Crippen LogP contribution in [0.3, 0.4) is 0 Å². The molecule has 5 nitrogen and oxygen atoms in total. The molecule has 0 aromatic heterocycles. The normalized spacial score (nSPS) is 10.8. The fraction of sp³-hybridized carbons (Fsp3) is 0.455. The number of halogens is 1. The van der Waals surface area contributed by atoms with Gasteiger partial charge in [0.25, 0.3) is 5.69 Å². The Morgan fingerprint density at radius 2 is 2.24 bits per heavy atom. The molecule has 1 aromatic carbocycles. The lowest BCUT2D eigenvalue weighted by Gasteiger charge is -2.17. The summed E-state index contributed by atoms with van der Waals surface area (Å²) in [4.78, 5) is 12.4. The van der Waals surface area contributed by atoms with Gasteiger partial charge in [0.15, 0.2) is 0 Å². The molecule has 0 aliphatic heterocycles. The molecule has 0 aliphatic carbocycles. The van der Waals surface area contributed by atoms with Gasteiger partial charge in [0, 0.05) is 36.2 Å². The van der Waals surface area contributed by atoms with Gasteiger partial charge in [0.1, 0.15) is 0 Å². The van der Waals surface area contributed by atoms with E-state index in [1.807, 2.05) is 14.1 Å². The first kappa shape index (κ1) is 14.1. The quantitative estimate of drug-likeness (QED) is 0.645. The molecule has 17 heavy (non-hydrogen) atoms. The number of nitro groups is 1. The highest BCUT2D eigenvalue weighted by molar-refractivity contribution is 9.10. The van der Waals surface area contributed by atoms with Crippen molar-refractivity contribution in [3.63, 3.8) is 0 Å². The average Bonchev–Trinajstić information content (AvgIpc) is 2.28. The highest BCUT2D eigenvalue weighted by atomic mass is 79.9. The van der Waals surface area contributed by atoms with Crippen molar-refractivity contribution in [3.05, 3.63) is 38.3 Å². The summed E-state index contributed by atoms with van der Waals surface area (Å²) in [5.41, 5.74) is 1.16. The smallest absolute Gasteiger partial charge is 0.270 e. The second kappa shape index (κ2) is 6.68. The number of rotatable bonds is 6. The van der Waals surface area contributed by atoms with Gasteiger partial charge in [-0.05, 0) is 25.7 Å². The largest absolute Gasteiger partial charge is 0.318 e. The first-order valence-electron chi connectivity index (χ1n) is 5.30. The molecule has 0 radical (unpaired) electrons. The Morgan fingerprint density at radius 1 is 1.53 bits per heavy atom. The van der Waals surface area contributed by atoms with Crippen molar-refractivity contribution in [1.29, 1.82) is 0 Å². The van der Waals surface area contributed by atoms with Crippen LogP contribution in [0.5, 0.6) is 0 Å². The molecule has 0 atom stereocenters. The van der Waals surface area contributed by atoms with E-state index in [1.165, 1.54) is 6.07 Å². The fourth-order valence-electron chi connectivity index (χ4n) is 1.45. The Morgan fingerprint density at radius 3 is 2.76 bits per heavy atom. The van der Waals surface area contributed by atoms with Crippen LogP contribution >= 0.6 is 15.9 Å². The predicted octanol–water partition coefficient (Wildman–Crippen LogP) is 2.01. The molecule has 0 amide bonds. The van der Waals surface area contributed by atoms with Crippen molar-refractivity contribution in [2.24, 2.45) is 0 Å². The molecule has 0 heterocycles. The number of benzene rings is 1. The Kier molecular flexibility index (Phi) is 5.54. The topological polar surface area (TPSA) is 58.4 Å². The van der Waals surface area contributed by atoms with Crippen molar-refractivity contribution < 1.29 is 4.92 Å². The van der Waals surface area contributed by atoms with Gasteiger partial charge in [-0.25, -0.2) is 0 Å². The van der Waals surface area contributed by atoms with E-state index in [1.54, 1.807) is 12.1 Å². The molecule has 0 saturated heterocycles. The third-order valence-corrected chi connectivity index (χ3v) is 3.17. The number of likely N-dealkylation sites (N-methyl/N-ethyl adjacent to an activating group) is 2. The summed E-state index contributed by atoms with van der Waals surface area (Å²) < 4.78 is 0.781. The van der Waals surface area contributed by atoms with Crippen LogP contribution in [0, 0.1) is 10.1 Å². The van der Waals surface area contributed by atoms with Crippen LogP contribution in [0.4, 0.5) is 5.69 Å². The lowest BCUT2D eigenvalue weighted by molar-refractivity contribution is -0.384. The average molecular weight is 302 g/mol. The molecule has 1 aromatic rings. The third kappa shape index (κ3) is 4.41. The van der Waals surface area contributed by atoms with Crippen LogP contribution in [0.1, 0.15) is 5.56 Å². The van der Waals surface area contributed by atoms with Gasteiger partial charge in [-0.15, -0.1) is 0 Å². The maximum absolute atomic E-state index is 10.6. The minimum atomic E-state index is -0.390. The molecule has 6 heteroatoms. The van der Waals surface area contributed by atoms with E-state index in [0.29, 0.717) is 0 Å². The van der Waals surface area contributed by atoms with Crippen molar-refractivity contribution in [2.75, 3.05) is 27.2 Å². The Balaban J connectivity index is 2.69. The number of nitrogens with zero attached hydrogens (tertiary/aromatic N) is 2. The zero-order valence-electron chi connectivity index (χ0n) is 9.94. The summed E-state index contributed by atoms with van der Waals surface area (Å²) in [7, 11) is 3.93. The third-order valence-electron chi connectivity index (χ3n) is 2.43. The lowest BCUT2D eigenvalue weighted by Crippen LogP contribution is -2.27. The molecule has 0 unspecified atom stereocenters. The van der Waals surface area contributed by atoms with E-state index in [0.717, 1.165) is 29.7 Å². The summed E-state index contributed by atoms with van der Waals surface area (Å²) in [5, 5.41) is 13.7. The summed E-state index contributed by atoms with van der Waals surface area (Å²) in [6.45, 7) is 2.61. The Labute approximate surface area is 109 Å². The van der Waals surface area contributed by atoms with Gasteiger partial charge >= 0.3 is 0 Å². The van der Waals surface area contributed by atoms with Gasteiger partial charge in [0.2, 0.25) is 0 Å². The number of hydrogen-bond donors (Lipinski definition) is 1. The molecule has 0 spiro atoms. The van der Waals surface area contributed by atoms with E-state index < -0.39 is 0 Å². The highest BCUT2D eigenvalue weighted by Crippen LogP contribution is 2.23. The Hall–Kier alpha value is -0.980. The summed E-state index contributed by atoms with van der Waals surface area (Å²) in [6, 6.07) is 4.87. The molecule has 0 aliphatic rings. The van der Waals surface area contributed by atoms with Crippen molar-refractivity contribution in [3.8, 4) is 0 Å². The Bertz CT molecular complexity index is 398. The van der Waals surface area contributed by atoms with Crippen LogP contribution in [0.2, 0.25) is 0 Å². The first-order valence-corrected chi connectivity index (χ1v) is 6.10. The summed E-state index contributed by atoms with van der Waals surface area (Å²) in [5.74, 6) is 0. The van der Waals surface area contributed by atoms with Gasteiger partial charge in [-0.3, -0.25) is 10.1 Å². The molecule has 94 valence electrons. The lowest BCUT2D eigenvalue weighted by atomic mass is 10.2. The molecular formula is C11H16BrN3O2. The van der Waals surface area contributed by atoms with Crippen molar-refractivity contribution >= 4 is 21.6 Å². The second-order valence-corrected chi connectivity index (χ2v) is 4.73. The van der Waals surface area contributed by atoms with E-state index >= 15 is 0 Å². The SMILES string of the molecule is CNCCN(C)Cc1ccc([N+](=O)[O-])cc1Br. The summed E-state index contributed by atoms with van der Waals surface area (Å²) >= 11 is 3.37. The predicted molar refractivity (Wildman–Crippen MR) is 71.1 cm³/mol.